The van der Waals surface area contributed by atoms with Gasteiger partial charge in [-0.05, 0) is 79.2 Å². The fourth-order valence-corrected chi connectivity index (χ4v) is 8.22. The number of hydrogen-bond acceptors (Lipinski definition) is 3. The Kier molecular flexibility index (Phi) is 1.54. The molecule has 6 aliphatic carbocycles. The molecule has 6 fully saturated rings. The highest BCUT2D eigenvalue weighted by Crippen LogP contribution is 3.21. The molecule has 3 heteroatoms. The molecule has 0 aromatic carbocycles. The molecule has 4 N–H and O–H groups in total. The second kappa shape index (κ2) is 2.71. The number of rotatable bonds is 6. The predicted molar refractivity (Wildman–Crippen MR) is 78.0 cm³/mol. The standard InChI is InChI=1S/C18H25NO2/c19-8-7-16-10-17(16)11-18(16,17)15(5-6-15)14(3-4-14)13(1-2-13)12(21)9-20/h7-8,12,20-21H,1-6,9-11,19H2/b8-7+. The van der Waals surface area contributed by atoms with Gasteiger partial charge in [-0.25, -0.2) is 0 Å². The van der Waals surface area contributed by atoms with Gasteiger partial charge in [0.2, 0.25) is 0 Å². The summed E-state index contributed by atoms with van der Waals surface area (Å²) in [5.74, 6) is 0. The van der Waals surface area contributed by atoms with E-state index in [1.807, 2.05) is 0 Å². The molecule has 6 aliphatic rings. The molecule has 0 bridgehead atoms. The molecule has 0 aromatic heterocycles. The van der Waals surface area contributed by atoms with Crippen molar-refractivity contribution in [3.63, 3.8) is 0 Å². The highest BCUT2D eigenvalue weighted by molar-refractivity contribution is 5.66. The minimum atomic E-state index is -0.486. The van der Waals surface area contributed by atoms with Crippen LogP contribution < -0.4 is 5.73 Å². The van der Waals surface area contributed by atoms with Crippen LogP contribution in [0, 0.1) is 32.5 Å². The summed E-state index contributed by atoms with van der Waals surface area (Å²) in [6.07, 6.45) is 14.0. The molecular weight excluding hydrogens is 262 g/mol. The van der Waals surface area contributed by atoms with Crippen LogP contribution in [0.15, 0.2) is 12.3 Å². The van der Waals surface area contributed by atoms with E-state index in [1.165, 1.54) is 38.5 Å². The molecule has 6 saturated carbocycles. The van der Waals surface area contributed by atoms with E-state index in [4.69, 9.17) is 5.73 Å². The summed E-state index contributed by atoms with van der Waals surface area (Å²) in [6, 6.07) is 0. The molecule has 114 valence electrons. The first-order valence-corrected chi connectivity index (χ1v) is 8.76. The number of hydrogen-bond donors (Lipinski definition) is 3. The summed E-state index contributed by atoms with van der Waals surface area (Å²) in [7, 11) is 0. The molecule has 0 radical (unpaired) electrons. The van der Waals surface area contributed by atoms with Crippen LogP contribution in [0.2, 0.25) is 0 Å². The third kappa shape index (κ3) is 0.794. The first kappa shape index (κ1) is 12.0. The summed E-state index contributed by atoms with van der Waals surface area (Å²) in [5.41, 5.74) is 8.35. The van der Waals surface area contributed by atoms with Gasteiger partial charge in [0.15, 0.2) is 0 Å². The molecule has 0 amide bonds. The lowest BCUT2D eigenvalue weighted by Crippen LogP contribution is -2.42. The minimum Gasteiger partial charge on any atom is -0.405 e. The van der Waals surface area contributed by atoms with Gasteiger partial charge >= 0.3 is 0 Å². The first-order valence-electron chi connectivity index (χ1n) is 8.76. The highest BCUT2D eigenvalue weighted by atomic mass is 16.3. The maximum Gasteiger partial charge on any atom is 0.0832 e. The maximum absolute atomic E-state index is 10.5. The summed E-state index contributed by atoms with van der Waals surface area (Å²) in [6.45, 7) is -0.0518. The fourth-order valence-electron chi connectivity index (χ4n) is 8.22. The van der Waals surface area contributed by atoms with E-state index in [0.717, 1.165) is 12.8 Å². The van der Waals surface area contributed by atoms with Crippen LogP contribution in [0.1, 0.15) is 51.4 Å². The maximum atomic E-state index is 10.5. The van der Waals surface area contributed by atoms with Crippen molar-refractivity contribution in [1.29, 1.82) is 0 Å². The zero-order valence-electron chi connectivity index (χ0n) is 12.6. The van der Waals surface area contributed by atoms with Gasteiger partial charge in [0, 0.05) is 10.8 Å². The van der Waals surface area contributed by atoms with Crippen molar-refractivity contribution < 1.29 is 10.2 Å². The lowest BCUT2D eigenvalue weighted by Gasteiger charge is -2.42. The average molecular weight is 287 g/mol. The smallest absolute Gasteiger partial charge is 0.0832 e. The summed E-state index contributed by atoms with van der Waals surface area (Å²) >= 11 is 0. The minimum absolute atomic E-state index is 0.0518. The third-order valence-corrected chi connectivity index (χ3v) is 9.43. The second-order valence-electron chi connectivity index (χ2n) is 9.19. The summed E-state index contributed by atoms with van der Waals surface area (Å²) in [4.78, 5) is 0. The predicted octanol–water partition coefficient (Wildman–Crippen LogP) is 1.93. The lowest BCUT2D eigenvalue weighted by molar-refractivity contribution is -0.0394. The van der Waals surface area contributed by atoms with Crippen LogP contribution in [0.5, 0.6) is 0 Å². The van der Waals surface area contributed by atoms with Gasteiger partial charge < -0.3 is 15.9 Å². The molecule has 4 unspecified atom stereocenters. The first-order chi connectivity index (χ1) is 10.1. The number of aliphatic hydroxyl groups excluding tert-OH is 2. The van der Waals surface area contributed by atoms with E-state index in [1.54, 1.807) is 6.20 Å². The Morgan fingerprint density at radius 3 is 2.00 bits per heavy atom. The van der Waals surface area contributed by atoms with E-state index in [-0.39, 0.29) is 12.0 Å². The fraction of sp³-hybridized carbons (Fsp3) is 0.889. The van der Waals surface area contributed by atoms with Gasteiger partial charge in [-0.2, -0.15) is 0 Å². The van der Waals surface area contributed by atoms with Gasteiger partial charge in [0.1, 0.15) is 0 Å². The Morgan fingerprint density at radius 2 is 1.62 bits per heavy atom. The molecule has 6 rings (SSSR count). The average Bonchev–Trinajstić information content (AvgIpc) is 3.22. The van der Waals surface area contributed by atoms with Crippen molar-refractivity contribution in [2.24, 2.45) is 38.2 Å². The molecule has 3 nitrogen and oxygen atoms in total. The van der Waals surface area contributed by atoms with Crippen molar-refractivity contribution in [3.8, 4) is 0 Å². The number of aliphatic hydroxyl groups is 2. The molecule has 0 heterocycles. The topological polar surface area (TPSA) is 66.5 Å². The normalized spacial score (nSPS) is 55.3. The monoisotopic (exact) mass is 287 g/mol. The van der Waals surface area contributed by atoms with E-state index in [9.17, 15) is 10.2 Å². The molecule has 0 saturated heterocycles. The van der Waals surface area contributed by atoms with Crippen molar-refractivity contribution in [3.05, 3.63) is 12.3 Å². The Bertz CT molecular complexity index is 600. The Labute approximate surface area is 125 Å². The third-order valence-electron chi connectivity index (χ3n) is 9.43. The molecule has 4 atom stereocenters. The van der Waals surface area contributed by atoms with Gasteiger partial charge in [0.25, 0.3) is 0 Å². The van der Waals surface area contributed by atoms with Crippen LogP contribution in [-0.4, -0.2) is 22.9 Å². The van der Waals surface area contributed by atoms with Gasteiger partial charge in [0.05, 0.1) is 12.7 Å². The SMILES string of the molecule is N/C=C/C12CC13CC23C1(C2(C3(C(O)CO)CC3)CC2)CC1. The van der Waals surface area contributed by atoms with Crippen LogP contribution in [-0.2, 0) is 0 Å². The molecule has 0 aromatic rings. The lowest BCUT2D eigenvalue weighted by atomic mass is 9.63. The van der Waals surface area contributed by atoms with Crippen molar-refractivity contribution in [2.75, 3.05) is 6.61 Å². The van der Waals surface area contributed by atoms with Crippen LogP contribution >= 0.6 is 0 Å². The zero-order chi connectivity index (χ0) is 14.4. The molecule has 0 aliphatic heterocycles. The Morgan fingerprint density at radius 1 is 0.952 bits per heavy atom. The zero-order valence-corrected chi connectivity index (χ0v) is 12.6. The number of fused-ring (bicyclic) bond motifs is 1. The van der Waals surface area contributed by atoms with Crippen molar-refractivity contribution in [2.45, 2.75) is 57.5 Å². The largest absolute Gasteiger partial charge is 0.405 e. The van der Waals surface area contributed by atoms with E-state index >= 15 is 0 Å². The van der Waals surface area contributed by atoms with E-state index in [0.29, 0.717) is 27.1 Å². The summed E-state index contributed by atoms with van der Waals surface area (Å²) in [5, 5.41) is 20.0. The number of nitrogens with two attached hydrogens (primary N) is 1. The molecule has 1 spiro atoms. The Hall–Kier alpha value is -0.540. The quantitative estimate of drug-likeness (QED) is 0.699. The van der Waals surface area contributed by atoms with Crippen molar-refractivity contribution >= 4 is 0 Å². The van der Waals surface area contributed by atoms with Gasteiger partial charge in [-0.15, -0.1) is 0 Å². The summed E-state index contributed by atoms with van der Waals surface area (Å²) < 4.78 is 0. The van der Waals surface area contributed by atoms with E-state index < -0.39 is 6.10 Å². The molecular formula is C18H25NO2. The molecule has 21 heavy (non-hydrogen) atoms. The highest BCUT2D eigenvalue weighted by Gasteiger charge is 3.15. The number of allylic oxidation sites excluding steroid dienone is 1. The van der Waals surface area contributed by atoms with Gasteiger partial charge in [-0.1, -0.05) is 6.08 Å². The van der Waals surface area contributed by atoms with Crippen LogP contribution in [0.4, 0.5) is 0 Å². The Balaban J connectivity index is 1.41. The van der Waals surface area contributed by atoms with E-state index in [2.05, 4.69) is 6.08 Å². The van der Waals surface area contributed by atoms with Gasteiger partial charge in [-0.3, -0.25) is 0 Å². The second-order valence-corrected chi connectivity index (χ2v) is 9.19. The van der Waals surface area contributed by atoms with Crippen molar-refractivity contribution in [1.82, 2.24) is 0 Å². The van der Waals surface area contributed by atoms with Crippen LogP contribution in [0.25, 0.3) is 0 Å². The van der Waals surface area contributed by atoms with Crippen LogP contribution in [0.3, 0.4) is 0 Å².